The maximum absolute atomic E-state index is 10.3. The molecular formula is C15H17N5O6. The fraction of sp³-hybridized carbons (Fsp3) is 0.400. The van der Waals surface area contributed by atoms with Gasteiger partial charge in [-0.1, -0.05) is 0 Å². The molecule has 1 aliphatic heterocycles. The van der Waals surface area contributed by atoms with Gasteiger partial charge in [-0.3, -0.25) is 0 Å². The van der Waals surface area contributed by atoms with E-state index >= 15 is 0 Å². The van der Waals surface area contributed by atoms with E-state index in [0.29, 0.717) is 16.8 Å². The number of anilines is 1. The number of nitrogens with zero attached hydrogens (tertiary/aromatic N) is 4. The number of ether oxygens (including phenoxy) is 2. The van der Waals surface area contributed by atoms with Crippen LogP contribution in [0, 0.1) is 0 Å². The number of rotatable bonds is 4. The molecule has 0 aliphatic carbocycles. The van der Waals surface area contributed by atoms with Crippen LogP contribution < -0.4 is 10.5 Å². The molecule has 1 fully saturated rings. The van der Waals surface area contributed by atoms with Gasteiger partial charge < -0.3 is 34.9 Å². The highest BCUT2D eigenvalue weighted by Gasteiger charge is 2.45. The zero-order chi connectivity index (χ0) is 18.4. The minimum absolute atomic E-state index is 0.0618. The van der Waals surface area contributed by atoms with Gasteiger partial charge in [0.2, 0.25) is 11.8 Å². The molecular weight excluding hydrogens is 346 g/mol. The second kappa shape index (κ2) is 6.21. The van der Waals surface area contributed by atoms with Crippen LogP contribution in [-0.4, -0.2) is 67.1 Å². The standard InChI is InChI=1S/C15H17N5O6/c1-24-13-8-9(6-3-2-4-25-6)19-20(12(8)17-15(16)18-13)14-11(23)10(22)7(5-21)26-14/h2-4,7,10-11,14,21-23H,5H2,1H3,(H2,16,17,18)/t7-,10-,11-,14-/m1/s1. The van der Waals surface area contributed by atoms with Gasteiger partial charge in [0, 0.05) is 0 Å². The molecule has 5 N–H and O–H groups in total. The molecule has 138 valence electrons. The van der Waals surface area contributed by atoms with E-state index in [0.717, 1.165) is 0 Å². The van der Waals surface area contributed by atoms with E-state index in [9.17, 15) is 15.3 Å². The van der Waals surface area contributed by atoms with Crippen molar-refractivity contribution in [3.63, 3.8) is 0 Å². The zero-order valence-electron chi connectivity index (χ0n) is 13.7. The summed E-state index contributed by atoms with van der Waals surface area (Å²) in [5.41, 5.74) is 6.34. The summed E-state index contributed by atoms with van der Waals surface area (Å²) in [5.74, 6) is 0.539. The third-order valence-corrected chi connectivity index (χ3v) is 4.24. The lowest BCUT2D eigenvalue weighted by Crippen LogP contribution is -2.33. The number of hydrogen-bond donors (Lipinski definition) is 4. The second-order valence-corrected chi connectivity index (χ2v) is 5.79. The third-order valence-electron chi connectivity index (χ3n) is 4.24. The van der Waals surface area contributed by atoms with Crippen LogP contribution in [0.5, 0.6) is 5.88 Å². The Hall–Kier alpha value is -2.73. The summed E-state index contributed by atoms with van der Waals surface area (Å²) in [4.78, 5) is 8.23. The number of furan rings is 1. The second-order valence-electron chi connectivity index (χ2n) is 5.79. The monoisotopic (exact) mass is 363 g/mol. The molecule has 3 aromatic rings. The molecule has 0 aromatic carbocycles. The van der Waals surface area contributed by atoms with Crippen LogP contribution in [-0.2, 0) is 4.74 Å². The van der Waals surface area contributed by atoms with Crippen molar-refractivity contribution in [1.82, 2.24) is 19.7 Å². The Balaban J connectivity index is 1.95. The molecule has 0 unspecified atom stereocenters. The van der Waals surface area contributed by atoms with Gasteiger partial charge in [-0.2, -0.15) is 15.1 Å². The molecule has 1 saturated heterocycles. The van der Waals surface area contributed by atoms with E-state index < -0.39 is 31.1 Å². The normalized spacial score (nSPS) is 25.8. The van der Waals surface area contributed by atoms with E-state index in [1.807, 2.05) is 0 Å². The van der Waals surface area contributed by atoms with Crippen molar-refractivity contribution in [3.05, 3.63) is 18.4 Å². The first-order valence-corrected chi connectivity index (χ1v) is 7.81. The molecule has 11 nitrogen and oxygen atoms in total. The van der Waals surface area contributed by atoms with E-state index in [-0.39, 0.29) is 17.5 Å². The van der Waals surface area contributed by atoms with Crippen LogP contribution >= 0.6 is 0 Å². The average molecular weight is 363 g/mol. The maximum Gasteiger partial charge on any atom is 0.230 e. The Morgan fingerprint density at radius 2 is 2.12 bits per heavy atom. The summed E-state index contributed by atoms with van der Waals surface area (Å²) in [7, 11) is 1.43. The van der Waals surface area contributed by atoms with Crippen LogP contribution in [0.15, 0.2) is 22.8 Å². The molecule has 0 bridgehead atoms. The van der Waals surface area contributed by atoms with Gasteiger partial charge in [0.1, 0.15) is 29.4 Å². The van der Waals surface area contributed by atoms with Crippen molar-refractivity contribution in [1.29, 1.82) is 0 Å². The Morgan fingerprint density at radius 1 is 1.31 bits per heavy atom. The topological polar surface area (TPSA) is 162 Å². The Bertz CT molecular complexity index is 926. The predicted molar refractivity (Wildman–Crippen MR) is 87.0 cm³/mol. The van der Waals surface area contributed by atoms with Crippen molar-refractivity contribution < 1.29 is 29.2 Å². The largest absolute Gasteiger partial charge is 0.480 e. The highest BCUT2D eigenvalue weighted by molar-refractivity contribution is 5.94. The van der Waals surface area contributed by atoms with Crippen LogP contribution in [0.25, 0.3) is 22.5 Å². The number of aliphatic hydroxyl groups is 3. The first-order valence-electron chi connectivity index (χ1n) is 7.81. The summed E-state index contributed by atoms with van der Waals surface area (Å²) in [6.45, 7) is -0.459. The maximum atomic E-state index is 10.3. The third kappa shape index (κ3) is 2.41. The molecule has 11 heteroatoms. The van der Waals surface area contributed by atoms with Gasteiger partial charge >= 0.3 is 0 Å². The number of nitrogen functional groups attached to an aromatic ring is 1. The van der Waals surface area contributed by atoms with E-state index in [4.69, 9.17) is 19.6 Å². The van der Waals surface area contributed by atoms with E-state index in [1.54, 1.807) is 12.1 Å². The minimum Gasteiger partial charge on any atom is -0.480 e. The smallest absolute Gasteiger partial charge is 0.230 e. The quantitative estimate of drug-likeness (QED) is 0.466. The predicted octanol–water partition coefficient (Wildman–Crippen LogP) is -0.711. The molecule has 0 amide bonds. The summed E-state index contributed by atoms with van der Waals surface area (Å²) in [5, 5.41) is 34.5. The SMILES string of the molecule is COc1nc(N)nc2c1c(-c1ccco1)nn2[C@@H]1O[C@H](CO)[C@@H](O)[C@H]1O. The van der Waals surface area contributed by atoms with Crippen molar-refractivity contribution >= 4 is 17.0 Å². The fourth-order valence-electron chi connectivity index (χ4n) is 3.02. The van der Waals surface area contributed by atoms with Crippen LogP contribution in [0.1, 0.15) is 6.23 Å². The summed E-state index contributed by atoms with van der Waals surface area (Å²) < 4.78 is 17.5. The van der Waals surface area contributed by atoms with Gasteiger partial charge in [-0.05, 0) is 12.1 Å². The van der Waals surface area contributed by atoms with E-state index in [2.05, 4.69) is 15.1 Å². The number of methoxy groups -OCH3 is 1. The summed E-state index contributed by atoms with van der Waals surface area (Å²) >= 11 is 0. The molecule has 4 atom stereocenters. The lowest BCUT2D eigenvalue weighted by Gasteiger charge is -2.15. The van der Waals surface area contributed by atoms with Gasteiger partial charge in [0.05, 0.1) is 20.0 Å². The molecule has 0 radical (unpaired) electrons. The first kappa shape index (κ1) is 16.7. The van der Waals surface area contributed by atoms with Crippen LogP contribution in [0.4, 0.5) is 5.95 Å². The summed E-state index contributed by atoms with van der Waals surface area (Å²) in [6.07, 6.45) is -3.17. The molecule has 26 heavy (non-hydrogen) atoms. The minimum atomic E-state index is -1.33. The number of nitrogens with two attached hydrogens (primary N) is 1. The molecule has 1 aliphatic rings. The fourth-order valence-corrected chi connectivity index (χ4v) is 3.02. The van der Waals surface area contributed by atoms with Gasteiger partial charge in [0.15, 0.2) is 17.6 Å². The Labute approximate surface area is 146 Å². The van der Waals surface area contributed by atoms with Crippen LogP contribution in [0.2, 0.25) is 0 Å². The van der Waals surface area contributed by atoms with Gasteiger partial charge in [-0.25, -0.2) is 4.68 Å². The van der Waals surface area contributed by atoms with Crippen molar-refractivity contribution in [2.45, 2.75) is 24.5 Å². The lowest BCUT2D eigenvalue weighted by atomic mass is 10.1. The highest BCUT2D eigenvalue weighted by atomic mass is 16.6. The molecule has 0 saturated carbocycles. The first-order chi connectivity index (χ1) is 12.5. The van der Waals surface area contributed by atoms with E-state index in [1.165, 1.54) is 18.1 Å². The highest BCUT2D eigenvalue weighted by Crippen LogP contribution is 2.38. The molecule has 3 aromatic heterocycles. The van der Waals surface area contributed by atoms with Crippen molar-refractivity contribution in [2.75, 3.05) is 19.5 Å². The molecule has 4 heterocycles. The Morgan fingerprint density at radius 3 is 2.73 bits per heavy atom. The lowest BCUT2D eigenvalue weighted by molar-refractivity contribution is -0.0565. The number of fused-ring (bicyclic) bond motifs is 1. The van der Waals surface area contributed by atoms with Gasteiger partial charge in [-0.15, -0.1) is 0 Å². The van der Waals surface area contributed by atoms with Crippen molar-refractivity contribution in [3.8, 4) is 17.3 Å². The molecule has 4 rings (SSSR count). The number of hydrogen-bond acceptors (Lipinski definition) is 10. The van der Waals surface area contributed by atoms with Gasteiger partial charge in [0.25, 0.3) is 0 Å². The molecule has 0 spiro atoms. The Kier molecular flexibility index (Phi) is 4.00. The van der Waals surface area contributed by atoms with Crippen LogP contribution in [0.3, 0.4) is 0 Å². The zero-order valence-corrected chi connectivity index (χ0v) is 13.7. The summed E-state index contributed by atoms with van der Waals surface area (Å²) in [6, 6.07) is 3.39. The van der Waals surface area contributed by atoms with Crippen molar-refractivity contribution in [2.24, 2.45) is 0 Å². The number of aliphatic hydroxyl groups excluding tert-OH is 3. The number of aromatic nitrogens is 4. The average Bonchev–Trinajstić information content (AvgIpc) is 3.34.